The van der Waals surface area contributed by atoms with Crippen molar-refractivity contribution in [1.29, 1.82) is 5.26 Å². The van der Waals surface area contributed by atoms with Crippen molar-refractivity contribution in [2.45, 2.75) is 43.3 Å². The Labute approximate surface area is 243 Å². The average molecular weight is 568 g/mol. The van der Waals surface area contributed by atoms with Crippen LogP contribution in [0.15, 0.2) is 79.1 Å². The van der Waals surface area contributed by atoms with Crippen molar-refractivity contribution in [2.75, 3.05) is 10.6 Å². The highest BCUT2D eigenvalue weighted by molar-refractivity contribution is 6.36. The predicted molar refractivity (Wildman–Crippen MR) is 158 cm³/mol. The zero-order valence-electron chi connectivity index (χ0n) is 22.4. The van der Waals surface area contributed by atoms with Gasteiger partial charge in [-0.05, 0) is 55.0 Å². The van der Waals surface area contributed by atoms with Crippen LogP contribution in [0.3, 0.4) is 0 Å². The van der Waals surface area contributed by atoms with Crippen molar-refractivity contribution in [3.8, 4) is 6.07 Å². The van der Waals surface area contributed by atoms with Gasteiger partial charge in [-0.1, -0.05) is 76.9 Å². The number of hydrogen-bond donors (Lipinski definition) is 2. The van der Waals surface area contributed by atoms with E-state index in [1.54, 1.807) is 24.4 Å². The largest absolute Gasteiger partial charge is 0.374 e. The third-order valence-electron chi connectivity index (χ3n) is 7.59. The van der Waals surface area contributed by atoms with Crippen LogP contribution in [0.5, 0.6) is 0 Å². The molecule has 2 aliphatic rings. The van der Waals surface area contributed by atoms with Crippen LogP contribution in [0.25, 0.3) is 10.9 Å². The van der Waals surface area contributed by atoms with Gasteiger partial charge in [-0.15, -0.1) is 5.10 Å². The summed E-state index contributed by atoms with van der Waals surface area (Å²) in [6.07, 6.45) is 7.33. The number of benzene rings is 3. The molecule has 9 heteroatoms. The number of hydrogen-bond acceptors (Lipinski definition) is 6. The van der Waals surface area contributed by atoms with Crippen molar-refractivity contribution in [2.24, 2.45) is 0 Å². The van der Waals surface area contributed by atoms with Crippen LogP contribution in [-0.4, -0.2) is 20.0 Å². The molecule has 7 rings (SSSR count). The second-order valence-electron chi connectivity index (χ2n) is 10.4. The molecule has 3 aromatic carbocycles. The molecule has 0 amide bonds. The number of rotatable bonds is 8. The highest BCUT2D eigenvalue weighted by atomic mass is 35.5. The minimum atomic E-state index is -1.57. The number of nitrogens with zero attached hydrogens (tertiary/aromatic N) is 5. The lowest BCUT2D eigenvalue weighted by atomic mass is 10.0. The van der Waals surface area contributed by atoms with Crippen LogP contribution in [0.1, 0.15) is 61.5 Å². The maximum atomic E-state index is 10.0. The number of anilines is 2. The Morgan fingerprint density at radius 1 is 1.05 bits per heavy atom. The second-order valence-corrected chi connectivity index (χ2v) is 11.2. The molecule has 198 valence electrons. The van der Waals surface area contributed by atoms with E-state index in [2.05, 4.69) is 44.1 Å². The van der Waals surface area contributed by atoms with Crippen molar-refractivity contribution >= 4 is 45.5 Å². The summed E-state index contributed by atoms with van der Waals surface area (Å²) in [5.74, 6) is 0. The van der Waals surface area contributed by atoms with Crippen LogP contribution in [0, 0.1) is 11.3 Å². The minimum absolute atomic E-state index is 0.269. The monoisotopic (exact) mass is 566 g/mol. The number of nitrogens with one attached hydrogen (secondary N) is 2. The van der Waals surface area contributed by atoms with Gasteiger partial charge in [-0.2, -0.15) is 5.26 Å². The fourth-order valence-corrected chi connectivity index (χ4v) is 5.64. The molecule has 2 fully saturated rings. The van der Waals surface area contributed by atoms with Gasteiger partial charge >= 0.3 is 0 Å². The van der Waals surface area contributed by atoms with Crippen molar-refractivity contribution in [3.05, 3.63) is 112 Å². The first kappa shape index (κ1) is 23.7. The SMILES string of the molecule is [2H]C(Nc1cc(Cl)c2ncc(C#N)c(NC3(c4ccccc4)CC3)c2c1)(c1cn(C2CC2)nn1)c1ccccc1Cl. The molecule has 0 radical (unpaired) electrons. The van der Waals surface area contributed by atoms with Gasteiger partial charge in [0.15, 0.2) is 0 Å². The fraction of sp³-hybridized carbons (Fsp3) is 0.226. The molecule has 2 aliphatic carbocycles. The molecule has 1 atom stereocenters. The Balaban J connectivity index is 1.35. The number of fused-ring (bicyclic) bond motifs is 1. The van der Waals surface area contributed by atoms with Gasteiger partial charge in [0, 0.05) is 22.3 Å². The summed E-state index contributed by atoms with van der Waals surface area (Å²) < 4.78 is 11.5. The zero-order chi connectivity index (χ0) is 28.2. The van der Waals surface area contributed by atoms with Gasteiger partial charge in [0.25, 0.3) is 0 Å². The molecule has 0 aliphatic heterocycles. The molecule has 1 unspecified atom stereocenters. The summed E-state index contributed by atoms with van der Waals surface area (Å²) >= 11 is 13.4. The van der Waals surface area contributed by atoms with Gasteiger partial charge in [0.1, 0.15) is 11.8 Å². The molecule has 0 saturated heterocycles. The second kappa shape index (κ2) is 9.81. The maximum absolute atomic E-state index is 10.0. The van der Waals surface area contributed by atoms with Crippen LogP contribution >= 0.6 is 23.2 Å². The first-order chi connectivity index (χ1) is 19.9. The molecule has 40 heavy (non-hydrogen) atoms. The molecule has 0 bridgehead atoms. The number of halogens is 2. The molecule has 2 aromatic heterocycles. The van der Waals surface area contributed by atoms with E-state index in [4.69, 9.17) is 23.2 Å². The molecule has 2 N–H and O–H groups in total. The van der Waals surface area contributed by atoms with Gasteiger partial charge in [0.2, 0.25) is 0 Å². The van der Waals surface area contributed by atoms with E-state index in [0.717, 1.165) is 31.2 Å². The minimum Gasteiger partial charge on any atom is -0.374 e. The topological polar surface area (TPSA) is 91.5 Å². The van der Waals surface area contributed by atoms with Crippen LogP contribution in [0.2, 0.25) is 10.0 Å². The zero-order valence-corrected chi connectivity index (χ0v) is 22.9. The highest BCUT2D eigenvalue weighted by Gasteiger charge is 2.45. The third-order valence-corrected chi connectivity index (χ3v) is 8.20. The van der Waals surface area contributed by atoms with Gasteiger partial charge in [-0.3, -0.25) is 4.98 Å². The normalized spacial score (nSPS) is 17.5. The van der Waals surface area contributed by atoms with Crippen molar-refractivity contribution in [1.82, 2.24) is 20.0 Å². The summed E-state index contributed by atoms with van der Waals surface area (Å²) in [5, 5.41) is 27.3. The summed E-state index contributed by atoms with van der Waals surface area (Å²) in [6, 6.07) is 22.1. The van der Waals surface area contributed by atoms with Gasteiger partial charge in [-0.25, -0.2) is 4.68 Å². The van der Waals surface area contributed by atoms with Crippen LogP contribution in [0.4, 0.5) is 11.4 Å². The van der Waals surface area contributed by atoms with Crippen LogP contribution < -0.4 is 10.6 Å². The molecule has 2 saturated carbocycles. The van der Waals surface area contributed by atoms with E-state index in [1.165, 1.54) is 0 Å². The van der Waals surface area contributed by atoms with E-state index in [9.17, 15) is 6.63 Å². The Bertz CT molecular complexity index is 1830. The summed E-state index contributed by atoms with van der Waals surface area (Å²) in [7, 11) is 0. The lowest BCUT2D eigenvalue weighted by molar-refractivity contribution is 0.610. The van der Waals surface area contributed by atoms with Crippen LogP contribution in [-0.2, 0) is 5.54 Å². The first-order valence-electron chi connectivity index (χ1n) is 13.7. The number of pyridine rings is 1. The molecule has 0 spiro atoms. The Morgan fingerprint density at radius 3 is 2.55 bits per heavy atom. The summed E-state index contributed by atoms with van der Waals surface area (Å²) in [4.78, 5) is 4.52. The fourth-order valence-electron chi connectivity index (χ4n) is 5.14. The summed E-state index contributed by atoms with van der Waals surface area (Å²) in [5.41, 5.74) is 4.05. The van der Waals surface area contributed by atoms with Crippen molar-refractivity contribution in [3.63, 3.8) is 0 Å². The molecular formula is C31H25Cl2N7. The van der Waals surface area contributed by atoms with E-state index >= 15 is 0 Å². The predicted octanol–water partition coefficient (Wildman–Crippen LogP) is 7.64. The van der Waals surface area contributed by atoms with E-state index < -0.39 is 6.02 Å². The lowest BCUT2D eigenvalue weighted by Crippen LogP contribution is -2.20. The number of nitriles is 1. The summed E-state index contributed by atoms with van der Waals surface area (Å²) in [6.45, 7) is 0. The number of aromatic nitrogens is 4. The van der Waals surface area contributed by atoms with E-state index in [0.29, 0.717) is 55.2 Å². The van der Waals surface area contributed by atoms with Gasteiger partial charge < -0.3 is 10.6 Å². The standard InChI is InChI=1S/C31H25Cl2N7/c32-25-9-5-4-8-23(25)30(27-18-40(39-38-27)22-10-11-22)36-21-14-24-28(19(16-34)17-35-29(24)26(33)15-21)37-31(12-13-31)20-6-2-1-3-7-20/h1-9,14-15,17-18,22,30,36H,10-13H2,(H,35,37)/i30D. The Kier molecular flexibility index (Phi) is 5.82. The molecule has 7 nitrogen and oxygen atoms in total. The third kappa shape index (κ3) is 4.53. The van der Waals surface area contributed by atoms with Gasteiger partial charge in [0.05, 0.1) is 47.0 Å². The molecular weight excluding hydrogens is 541 g/mol. The first-order valence-corrected chi connectivity index (χ1v) is 14.0. The quantitative estimate of drug-likeness (QED) is 0.200. The van der Waals surface area contributed by atoms with E-state index in [1.807, 2.05) is 47.3 Å². The maximum Gasteiger partial charge on any atom is 0.110 e. The lowest BCUT2D eigenvalue weighted by Gasteiger charge is -2.23. The smallest absolute Gasteiger partial charge is 0.110 e. The highest BCUT2D eigenvalue weighted by Crippen LogP contribution is 2.50. The van der Waals surface area contributed by atoms with Crippen molar-refractivity contribution < 1.29 is 1.37 Å². The Morgan fingerprint density at radius 2 is 1.82 bits per heavy atom. The average Bonchev–Trinajstić information content (AvgIpc) is 3.92. The molecule has 5 aromatic rings. The van der Waals surface area contributed by atoms with E-state index in [-0.39, 0.29) is 5.54 Å². The Hall–Kier alpha value is -4.12. The molecule has 2 heterocycles.